The molecule has 0 aliphatic heterocycles. The summed E-state index contributed by atoms with van der Waals surface area (Å²) < 4.78 is 1.92. The number of hydrogen-bond donors (Lipinski definition) is 1. The van der Waals surface area contributed by atoms with Crippen LogP contribution in [-0.4, -0.2) is 24.0 Å². The second-order valence-corrected chi connectivity index (χ2v) is 3.94. The molecule has 0 aromatic rings. The first-order valence-corrected chi connectivity index (χ1v) is 5.15. The smallest absolute Gasteiger partial charge is 0.176 e. The third kappa shape index (κ3) is 3.46. The summed E-state index contributed by atoms with van der Waals surface area (Å²) in [6, 6.07) is 0. The molecule has 0 bridgehead atoms. The second kappa shape index (κ2) is 5.64. The number of allylic oxidation sites excluding steroid dienone is 6. The van der Waals surface area contributed by atoms with E-state index in [4.69, 9.17) is 5.73 Å². The first-order chi connectivity index (χ1) is 7.15. The Morgan fingerprint density at radius 1 is 1.40 bits per heavy atom. The molecule has 0 heterocycles. The Balaban J connectivity index is 2.86. The van der Waals surface area contributed by atoms with Gasteiger partial charge in [-0.15, -0.1) is 0 Å². The minimum Gasteiger partial charge on any atom is -0.359 e. The predicted octanol–water partition coefficient (Wildman–Crippen LogP) is 1.17. The van der Waals surface area contributed by atoms with Gasteiger partial charge in [-0.3, -0.25) is 4.79 Å². The van der Waals surface area contributed by atoms with Crippen LogP contribution < -0.4 is 5.73 Å². The Bertz CT molecular complexity index is 365. The number of carbonyl (C=O) groups excluding carboxylic acids is 1. The minimum atomic E-state index is -0.0491. The van der Waals surface area contributed by atoms with Crippen molar-refractivity contribution in [1.82, 2.24) is 4.67 Å². The molecule has 0 aromatic heterocycles. The van der Waals surface area contributed by atoms with E-state index in [-0.39, 0.29) is 12.3 Å². The van der Waals surface area contributed by atoms with E-state index in [1.165, 1.54) is 0 Å². The Labute approximate surface area is 92.3 Å². The first kappa shape index (κ1) is 11.9. The van der Waals surface area contributed by atoms with Gasteiger partial charge in [0.15, 0.2) is 5.78 Å². The van der Waals surface area contributed by atoms with Crippen molar-refractivity contribution in [2.45, 2.75) is 0 Å². The lowest BCUT2D eigenvalue weighted by Gasteiger charge is -2.12. The lowest BCUT2D eigenvalue weighted by atomic mass is 10.1. The van der Waals surface area contributed by atoms with Gasteiger partial charge in [-0.1, -0.05) is 24.3 Å². The number of nitrogens with zero attached hydrogens (tertiary/aromatic N) is 1. The molecule has 2 N–H and O–H groups in total. The van der Waals surface area contributed by atoms with Crippen molar-refractivity contribution in [3.05, 3.63) is 47.7 Å². The van der Waals surface area contributed by atoms with Crippen LogP contribution in [0.1, 0.15) is 0 Å². The number of hydrogen-bond acceptors (Lipinski definition) is 3. The van der Waals surface area contributed by atoms with E-state index in [1.54, 1.807) is 12.2 Å². The average molecular weight is 222 g/mol. The minimum absolute atomic E-state index is 0.0458. The normalized spacial score (nSPS) is 15.1. The van der Waals surface area contributed by atoms with Crippen molar-refractivity contribution in [2.75, 3.05) is 13.6 Å². The van der Waals surface area contributed by atoms with Gasteiger partial charge >= 0.3 is 0 Å². The van der Waals surface area contributed by atoms with E-state index in [2.05, 4.69) is 9.39 Å². The molecule has 0 saturated carbocycles. The fourth-order valence-corrected chi connectivity index (χ4v) is 1.32. The highest BCUT2D eigenvalue weighted by Crippen LogP contribution is 2.12. The SMILES string of the molecule is CN(P)C1=CC=CC(C(=O)CN)=CC=C1. The number of likely N-dealkylation sites (N-methyl/N-ethyl adjacent to an activating group) is 1. The molecule has 1 atom stereocenters. The third-order valence-electron chi connectivity index (χ3n) is 2.00. The quantitative estimate of drug-likeness (QED) is 0.729. The summed E-state index contributed by atoms with van der Waals surface area (Å²) in [4.78, 5) is 11.3. The van der Waals surface area contributed by atoms with Crippen molar-refractivity contribution < 1.29 is 4.79 Å². The number of rotatable bonds is 3. The molecule has 4 heteroatoms. The maximum Gasteiger partial charge on any atom is 0.176 e. The van der Waals surface area contributed by atoms with Gasteiger partial charge in [0.1, 0.15) is 0 Å². The molecular formula is C11H15N2OP. The fraction of sp³-hybridized carbons (Fsp3) is 0.182. The van der Waals surface area contributed by atoms with Gasteiger partial charge in [-0.25, -0.2) is 0 Å². The highest BCUT2D eigenvalue weighted by Gasteiger charge is 2.03. The van der Waals surface area contributed by atoms with Crippen LogP contribution >= 0.6 is 9.39 Å². The number of Topliss-reactive ketones (excluding diaryl/α,β-unsaturated/α-hetero) is 1. The van der Waals surface area contributed by atoms with Gasteiger partial charge < -0.3 is 10.4 Å². The maximum absolute atomic E-state index is 11.3. The Morgan fingerprint density at radius 2 is 2.07 bits per heavy atom. The Hall–Kier alpha value is -1.18. The molecular weight excluding hydrogens is 207 g/mol. The van der Waals surface area contributed by atoms with Crippen LogP contribution in [0.25, 0.3) is 0 Å². The number of carbonyl (C=O) groups is 1. The van der Waals surface area contributed by atoms with Crippen LogP contribution in [0.15, 0.2) is 47.7 Å². The molecule has 1 rings (SSSR count). The van der Waals surface area contributed by atoms with Crippen LogP contribution in [0.4, 0.5) is 0 Å². The highest BCUT2D eigenvalue weighted by molar-refractivity contribution is 7.13. The predicted molar refractivity (Wildman–Crippen MR) is 66.0 cm³/mol. The molecule has 15 heavy (non-hydrogen) atoms. The zero-order chi connectivity index (χ0) is 11.3. The van der Waals surface area contributed by atoms with Gasteiger partial charge in [0.05, 0.1) is 6.54 Å². The average Bonchev–Trinajstić information content (AvgIpc) is 2.16. The summed E-state index contributed by atoms with van der Waals surface area (Å²) in [6.07, 6.45) is 11.1. The van der Waals surface area contributed by atoms with Crippen LogP contribution in [0.2, 0.25) is 0 Å². The van der Waals surface area contributed by atoms with Gasteiger partial charge in [-0.2, -0.15) is 0 Å². The number of ketones is 1. The largest absolute Gasteiger partial charge is 0.359 e. The molecule has 1 aliphatic rings. The lowest BCUT2D eigenvalue weighted by molar-refractivity contribution is -0.114. The van der Waals surface area contributed by atoms with E-state index in [0.29, 0.717) is 5.57 Å². The van der Waals surface area contributed by atoms with Crippen molar-refractivity contribution in [3.8, 4) is 0 Å². The van der Waals surface area contributed by atoms with Gasteiger partial charge in [0.25, 0.3) is 0 Å². The standard InChI is InChI=1S/C11H15N2OP/c1-13(15)10-6-2-4-9(5-3-7-10)11(14)8-12/h2-7H,8,12,15H2,1H3. The summed E-state index contributed by atoms with van der Waals surface area (Å²) in [6.45, 7) is 0.0458. The van der Waals surface area contributed by atoms with E-state index in [0.717, 1.165) is 5.70 Å². The van der Waals surface area contributed by atoms with Crippen molar-refractivity contribution in [3.63, 3.8) is 0 Å². The molecule has 0 saturated heterocycles. The van der Waals surface area contributed by atoms with Gasteiger partial charge in [0, 0.05) is 18.3 Å². The Morgan fingerprint density at radius 3 is 2.67 bits per heavy atom. The summed E-state index contributed by atoms with van der Waals surface area (Å²) in [5.74, 6) is -0.0491. The third-order valence-corrected chi connectivity index (χ3v) is 2.30. The molecule has 1 aliphatic carbocycles. The Kier molecular flexibility index (Phi) is 4.47. The molecule has 80 valence electrons. The molecule has 0 fully saturated rings. The summed E-state index contributed by atoms with van der Waals surface area (Å²) in [5.41, 5.74) is 6.98. The highest BCUT2D eigenvalue weighted by atomic mass is 31.0. The van der Waals surface area contributed by atoms with E-state index >= 15 is 0 Å². The topological polar surface area (TPSA) is 46.3 Å². The van der Waals surface area contributed by atoms with E-state index in [1.807, 2.05) is 36.0 Å². The van der Waals surface area contributed by atoms with E-state index < -0.39 is 0 Å². The molecule has 0 aromatic carbocycles. The molecule has 0 radical (unpaired) electrons. The number of nitrogens with two attached hydrogens (primary N) is 1. The maximum atomic E-state index is 11.3. The summed E-state index contributed by atoms with van der Waals surface area (Å²) >= 11 is 0. The van der Waals surface area contributed by atoms with Crippen molar-refractivity contribution in [1.29, 1.82) is 0 Å². The van der Waals surface area contributed by atoms with Crippen LogP contribution in [0.3, 0.4) is 0 Å². The summed E-state index contributed by atoms with van der Waals surface area (Å²) in [7, 11) is 4.51. The molecule has 1 unspecified atom stereocenters. The lowest BCUT2D eigenvalue weighted by Crippen LogP contribution is -2.14. The van der Waals surface area contributed by atoms with Crippen molar-refractivity contribution in [2.24, 2.45) is 5.73 Å². The summed E-state index contributed by atoms with van der Waals surface area (Å²) in [5, 5.41) is 0. The molecule has 0 spiro atoms. The van der Waals surface area contributed by atoms with Crippen LogP contribution in [0.5, 0.6) is 0 Å². The molecule has 3 nitrogen and oxygen atoms in total. The second-order valence-electron chi connectivity index (χ2n) is 3.17. The zero-order valence-electron chi connectivity index (χ0n) is 8.68. The van der Waals surface area contributed by atoms with Crippen LogP contribution in [0, 0.1) is 0 Å². The van der Waals surface area contributed by atoms with Crippen molar-refractivity contribution >= 4 is 15.2 Å². The monoisotopic (exact) mass is 222 g/mol. The fourth-order valence-electron chi connectivity index (χ4n) is 1.15. The zero-order valence-corrected chi connectivity index (χ0v) is 9.84. The van der Waals surface area contributed by atoms with Gasteiger partial charge in [0.2, 0.25) is 0 Å². The van der Waals surface area contributed by atoms with E-state index in [9.17, 15) is 4.79 Å². The first-order valence-electron chi connectivity index (χ1n) is 4.63. The molecule has 0 amide bonds. The van der Waals surface area contributed by atoms with Gasteiger partial charge in [-0.05, 0) is 21.5 Å². The van der Waals surface area contributed by atoms with Crippen LogP contribution in [-0.2, 0) is 4.79 Å².